The third kappa shape index (κ3) is 3.58. The predicted octanol–water partition coefficient (Wildman–Crippen LogP) is 4.78. The van der Waals surface area contributed by atoms with Crippen LogP contribution in [0.3, 0.4) is 0 Å². The van der Waals surface area contributed by atoms with Crippen LogP contribution in [0.15, 0.2) is 36.4 Å². The minimum atomic E-state index is -1.17. The highest BCUT2D eigenvalue weighted by atomic mass is 28.3. The monoisotopic (exact) mass is 273 g/mol. The van der Waals surface area contributed by atoms with Crippen molar-refractivity contribution in [3.05, 3.63) is 42.0 Å². The normalized spacial score (nSPS) is 20.5. The van der Waals surface area contributed by atoms with Crippen LogP contribution < -0.4 is 0 Å². The van der Waals surface area contributed by atoms with Gasteiger partial charge in [-0.2, -0.15) is 0 Å². The fourth-order valence-electron chi connectivity index (χ4n) is 3.30. The molecule has 0 bridgehead atoms. The fourth-order valence-corrected chi connectivity index (χ4v) is 5.58. The van der Waals surface area contributed by atoms with E-state index in [9.17, 15) is 0 Å². The smallest absolute Gasteiger partial charge is 0.119 e. The number of nitrogens with zero attached hydrogens (tertiary/aromatic N) is 1. The van der Waals surface area contributed by atoms with E-state index in [2.05, 4.69) is 67.5 Å². The van der Waals surface area contributed by atoms with E-state index in [1.807, 2.05) is 0 Å². The molecule has 1 aliphatic rings. The highest BCUT2D eigenvalue weighted by Gasteiger charge is 2.30. The third-order valence-corrected chi connectivity index (χ3v) is 6.58. The number of allylic oxidation sites excluding steroid dienone is 1. The molecule has 0 spiro atoms. The number of benzene rings is 1. The Kier molecular flexibility index (Phi) is 4.64. The van der Waals surface area contributed by atoms with Gasteiger partial charge in [0, 0.05) is 6.04 Å². The van der Waals surface area contributed by atoms with Crippen LogP contribution in [0.5, 0.6) is 0 Å². The van der Waals surface area contributed by atoms with Crippen molar-refractivity contribution in [1.29, 1.82) is 0 Å². The van der Waals surface area contributed by atoms with E-state index in [0.29, 0.717) is 0 Å². The Balaban J connectivity index is 2.07. The maximum atomic E-state index is 2.78. The van der Waals surface area contributed by atoms with Gasteiger partial charge in [-0.1, -0.05) is 63.0 Å². The largest absolute Gasteiger partial charge is 0.321 e. The summed E-state index contributed by atoms with van der Waals surface area (Å²) in [7, 11) is -1.17. The molecule has 0 radical (unpaired) electrons. The second kappa shape index (κ2) is 6.06. The summed E-state index contributed by atoms with van der Waals surface area (Å²) in [6.45, 7) is 10.9. The molecule has 0 aliphatic heterocycles. The topological polar surface area (TPSA) is 3.24 Å². The number of hydrogen-bond acceptors (Lipinski definition) is 1. The zero-order valence-corrected chi connectivity index (χ0v) is 13.8. The predicted molar refractivity (Wildman–Crippen MR) is 87.8 cm³/mol. The summed E-state index contributed by atoms with van der Waals surface area (Å²) in [5.74, 6) is 0. The standard InChI is InChI=1S/C17H27NSi/c1-5-18(19(2,3)4)17-13-11-16(12-14-17)15-9-7-6-8-10-15/h6-11,17H,5,12-14H2,1-4H3. The van der Waals surface area contributed by atoms with Gasteiger partial charge in [-0.05, 0) is 36.9 Å². The van der Waals surface area contributed by atoms with Gasteiger partial charge in [0.1, 0.15) is 8.24 Å². The molecule has 0 saturated heterocycles. The van der Waals surface area contributed by atoms with Crippen LogP contribution in [0.2, 0.25) is 19.6 Å². The van der Waals surface area contributed by atoms with Gasteiger partial charge < -0.3 is 4.57 Å². The molecule has 1 nitrogen and oxygen atoms in total. The Morgan fingerprint density at radius 2 is 1.84 bits per heavy atom. The molecule has 0 amide bonds. The molecule has 0 aromatic heterocycles. The first-order chi connectivity index (χ1) is 9.02. The lowest BCUT2D eigenvalue weighted by molar-refractivity contribution is 0.309. The Labute approximate surface area is 119 Å². The zero-order chi connectivity index (χ0) is 13.9. The van der Waals surface area contributed by atoms with Crippen molar-refractivity contribution in [2.24, 2.45) is 0 Å². The lowest BCUT2D eigenvalue weighted by Gasteiger charge is -2.41. The van der Waals surface area contributed by atoms with Crippen molar-refractivity contribution >= 4 is 13.8 Å². The van der Waals surface area contributed by atoms with Crippen LogP contribution in [-0.2, 0) is 0 Å². The van der Waals surface area contributed by atoms with E-state index in [1.165, 1.54) is 31.4 Å². The minimum Gasteiger partial charge on any atom is -0.321 e. The summed E-state index contributed by atoms with van der Waals surface area (Å²) < 4.78 is 2.78. The van der Waals surface area contributed by atoms with Crippen molar-refractivity contribution < 1.29 is 0 Å². The first-order valence-electron chi connectivity index (χ1n) is 7.53. The van der Waals surface area contributed by atoms with Crippen molar-refractivity contribution in [3.8, 4) is 0 Å². The molecule has 104 valence electrons. The fraction of sp³-hybridized carbons (Fsp3) is 0.529. The van der Waals surface area contributed by atoms with Gasteiger partial charge >= 0.3 is 0 Å². The van der Waals surface area contributed by atoms with Crippen LogP contribution in [0.25, 0.3) is 5.57 Å². The highest BCUT2D eigenvalue weighted by Crippen LogP contribution is 2.31. The number of hydrogen-bond donors (Lipinski definition) is 0. The van der Waals surface area contributed by atoms with E-state index in [0.717, 1.165) is 6.04 Å². The van der Waals surface area contributed by atoms with E-state index in [1.54, 1.807) is 5.57 Å². The van der Waals surface area contributed by atoms with E-state index in [4.69, 9.17) is 0 Å². The van der Waals surface area contributed by atoms with Gasteiger partial charge in [0.05, 0.1) is 0 Å². The molecule has 0 saturated carbocycles. The SMILES string of the molecule is CCN(C1CC=C(c2ccccc2)CC1)[Si](C)(C)C. The zero-order valence-electron chi connectivity index (χ0n) is 12.8. The second-order valence-electron chi connectivity index (χ2n) is 6.48. The van der Waals surface area contributed by atoms with Crippen molar-refractivity contribution in [3.63, 3.8) is 0 Å². The summed E-state index contributed by atoms with van der Waals surface area (Å²) in [6.07, 6.45) is 6.25. The van der Waals surface area contributed by atoms with Crippen LogP contribution in [0.1, 0.15) is 31.7 Å². The molecule has 1 aromatic rings. The first-order valence-corrected chi connectivity index (χ1v) is 11.0. The summed E-state index contributed by atoms with van der Waals surface area (Å²) in [5, 5.41) is 0. The van der Waals surface area contributed by atoms with Gasteiger partial charge in [-0.15, -0.1) is 0 Å². The number of rotatable bonds is 4. The van der Waals surface area contributed by atoms with Crippen LogP contribution >= 0.6 is 0 Å². The maximum Gasteiger partial charge on any atom is 0.119 e. The van der Waals surface area contributed by atoms with Gasteiger partial charge in [-0.3, -0.25) is 0 Å². The Bertz CT molecular complexity index is 430. The van der Waals surface area contributed by atoms with Gasteiger partial charge in [0.15, 0.2) is 0 Å². The molecular weight excluding hydrogens is 246 g/mol. The second-order valence-corrected chi connectivity index (χ2v) is 11.4. The lowest BCUT2D eigenvalue weighted by atomic mass is 9.91. The Morgan fingerprint density at radius 1 is 1.16 bits per heavy atom. The third-order valence-electron chi connectivity index (χ3n) is 4.17. The van der Waals surface area contributed by atoms with Gasteiger partial charge in [-0.25, -0.2) is 0 Å². The molecule has 1 aromatic carbocycles. The first kappa shape index (κ1) is 14.5. The lowest BCUT2D eigenvalue weighted by Crippen LogP contribution is -2.52. The van der Waals surface area contributed by atoms with Gasteiger partial charge in [0.2, 0.25) is 0 Å². The molecule has 2 heteroatoms. The van der Waals surface area contributed by atoms with Crippen LogP contribution in [0, 0.1) is 0 Å². The Hall–Kier alpha value is -0.863. The molecular formula is C17H27NSi. The summed E-state index contributed by atoms with van der Waals surface area (Å²) in [5.41, 5.74) is 2.96. The molecule has 19 heavy (non-hydrogen) atoms. The summed E-state index contributed by atoms with van der Waals surface area (Å²) in [4.78, 5) is 0. The summed E-state index contributed by atoms with van der Waals surface area (Å²) in [6, 6.07) is 11.6. The van der Waals surface area contributed by atoms with Crippen LogP contribution in [0.4, 0.5) is 0 Å². The highest BCUT2D eigenvalue weighted by molar-refractivity contribution is 6.73. The molecule has 0 heterocycles. The average molecular weight is 273 g/mol. The molecule has 0 N–H and O–H groups in total. The molecule has 1 aliphatic carbocycles. The average Bonchev–Trinajstić information content (AvgIpc) is 2.40. The molecule has 0 fully saturated rings. The van der Waals surface area contributed by atoms with Crippen molar-refractivity contribution in [1.82, 2.24) is 4.57 Å². The Morgan fingerprint density at radius 3 is 2.32 bits per heavy atom. The summed E-state index contributed by atoms with van der Waals surface area (Å²) >= 11 is 0. The van der Waals surface area contributed by atoms with Crippen molar-refractivity contribution in [2.75, 3.05) is 6.54 Å². The van der Waals surface area contributed by atoms with Crippen LogP contribution in [-0.4, -0.2) is 25.4 Å². The maximum absolute atomic E-state index is 2.78. The van der Waals surface area contributed by atoms with Crippen molar-refractivity contribution in [2.45, 2.75) is 51.9 Å². The molecule has 1 unspecified atom stereocenters. The van der Waals surface area contributed by atoms with E-state index in [-0.39, 0.29) is 0 Å². The van der Waals surface area contributed by atoms with E-state index < -0.39 is 8.24 Å². The van der Waals surface area contributed by atoms with Gasteiger partial charge in [0.25, 0.3) is 0 Å². The quantitative estimate of drug-likeness (QED) is 0.714. The molecule has 1 atom stereocenters. The van der Waals surface area contributed by atoms with E-state index >= 15 is 0 Å². The molecule has 2 rings (SSSR count). The minimum absolute atomic E-state index is 0.768.